The number of aliphatic hydroxyl groups is 6. The molecule has 27 atom stereocenters. The summed E-state index contributed by atoms with van der Waals surface area (Å²) in [7, 11) is 6.36. The van der Waals surface area contributed by atoms with Gasteiger partial charge < -0.3 is 78.8 Å². The molecular weight excluding hydrogens is 1150 g/mol. The van der Waals surface area contributed by atoms with Gasteiger partial charge >= 0.3 is 17.9 Å². The molecule has 7 N–H and O–H groups in total. The van der Waals surface area contributed by atoms with E-state index < -0.39 is 166 Å². The first kappa shape index (κ1) is 72.3. The summed E-state index contributed by atoms with van der Waals surface area (Å²) in [4.78, 5) is 59.3. The molecule has 504 valence electrons. The van der Waals surface area contributed by atoms with Crippen LogP contribution in [0.15, 0.2) is 23.8 Å². The second-order valence-corrected chi connectivity index (χ2v) is 28.8. The van der Waals surface area contributed by atoms with Crippen LogP contribution in [0.4, 0.5) is 8.78 Å². The highest BCUT2D eigenvalue weighted by molar-refractivity contribution is 6.01. The number of halogens is 2. The third-order valence-electron chi connectivity index (χ3n) is 22.3. The number of esters is 3. The lowest BCUT2D eigenvalue weighted by Gasteiger charge is -2.63. The molecule has 21 nitrogen and oxygen atoms in total. The zero-order valence-corrected chi connectivity index (χ0v) is 55.2. The number of hydrogen-bond acceptors (Lipinski definition) is 21. The fraction of sp³-hybridized carbons (Fsp3) is 0.877. The van der Waals surface area contributed by atoms with E-state index in [1.807, 2.05) is 37.7 Å². The van der Waals surface area contributed by atoms with Gasteiger partial charge in [-0.1, -0.05) is 40.7 Å². The van der Waals surface area contributed by atoms with E-state index in [1.54, 1.807) is 62.3 Å². The SMILES string of the molecule is CC[C@H]1OC(=O)[C@H](C)[C@@H](O[C@H]2C[C@@](C)(OC)[C@@H](O)[C@H](C)O2)[C@H](C)[C@@H](O[C@@H]2O[C@H](C)C[C@H](N(C)C)[C@H]2O)[C@](C)(O)C[C@@H](C)CN(CCCNCCC(=O)O[C@]2(C(=O)OC)[C@H](C)CC3C4C[C@H](F)C5=CC(=O)C=C[C@]5(C)[C@@]4(F)[C@@H](O)C[C@@]32C)[C@H](C)[C@@H](O)[C@]1(C)O. The Morgan fingerprint density at radius 2 is 1.55 bits per heavy atom. The van der Waals surface area contributed by atoms with Gasteiger partial charge in [0, 0.05) is 67.3 Å². The van der Waals surface area contributed by atoms with Crippen molar-refractivity contribution in [2.75, 3.05) is 54.5 Å². The van der Waals surface area contributed by atoms with Crippen LogP contribution in [-0.4, -0.2) is 232 Å². The van der Waals surface area contributed by atoms with Crippen molar-refractivity contribution in [2.45, 2.75) is 262 Å². The fourth-order valence-corrected chi connectivity index (χ4v) is 17.2. The Kier molecular flexibility index (Phi) is 22.5. The largest absolute Gasteiger partial charge is 0.466 e. The third-order valence-corrected chi connectivity index (χ3v) is 22.3. The molecule has 2 unspecified atom stereocenters. The highest BCUT2D eigenvalue weighted by Crippen LogP contribution is 2.72. The molecule has 0 aromatic carbocycles. The summed E-state index contributed by atoms with van der Waals surface area (Å²) in [5.74, 6) is -7.78. The van der Waals surface area contributed by atoms with Crippen LogP contribution in [0.5, 0.6) is 0 Å². The van der Waals surface area contributed by atoms with Crippen LogP contribution in [0, 0.1) is 46.3 Å². The van der Waals surface area contributed by atoms with Crippen LogP contribution in [0.3, 0.4) is 0 Å². The van der Waals surface area contributed by atoms with Crippen LogP contribution < -0.4 is 5.32 Å². The number of ether oxygens (including phenoxy) is 8. The van der Waals surface area contributed by atoms with Crippen LogP contribution in [-0.2, 0) is 57.1 Å². The Morgan fingerprint density at radius 1 is 0.875 bits per heavy atom. The van der Waals surface area contributed by atoms with Gasteiger partial charge in [0.25, 0.3) is 0 Å². The summed E-state index contributed by atoms with van der Waals surface area (Å²) in [5, 5.41) is 76.0. The number of cyclic esters (lactones) is 1. The van der Waals surface area contributed by atoms with E-state index in [0.29, 0.717) is 25.9 Å². The average molecular weight is 1260 g/mol. The Hall–Kier alpha value is -3.14. The number of fused-ring (bicyclic) bond motifs is 5. The van der Waals surface area contributed by atoms with Gasteiger partial charge in [-0.25, -0.2) is 13.6 Å². The monoisotopic (exact) mass is 1260 g/mol. The van der Waals surface area contributed by atoms with E-state index in [1.165, 1.54) is 40.2 Å². The molecule has 3 heterocycles. The predicted molar refractivity (Wildman–Crippen MR) is 319 cm³/mol. The van der Waals surface area contributed by atoms with Crippen molar-refractivity contribution in [3.8, 4) is 0 Å². The molecule has 7 aliphatic rings. The van der Waals surface area contributed by atoms with E-state index in [2.05, 4.69) is 5.32 Å². The second-order valence-electron chi connectivity index (χ2n) is 28.8. The summed E-state index contributed by atoms with van der Waals surface area (Å²) >= 11 is 0. The molecule has 0 bridgehead atoms. The molecule has 3 saturated heterocycles. The first-order valence-electron chi connectivity index (χ1n) is 32.1. The minimum Gasteiger partial charge on any atom is -0.466 e. The topological polar surface area (TPSA) is 282 Å². The minimum absolute atomic E-state index is 0.0272. The number of ketones is 1. The van der Waals surface area contributed by atoms with Gasteiger partial charge in [0.15, 0.2) is 24.0 Å². The molecule has 4 aliphatic carbocycles. The molecule has 23 heteroatoms. The van der Waals surface area contributed by atoms with Crippen LogP contribution >= 0.6 is 0 Å². The van der Waals surface area contributed by atoms with E-state index >= 15 is 8.78 Å². The van der Waals surface area contributed by atoms with E-state index in [-0.39, 0.29) is 81.7 Å². The number of carbonyl (C=O) groups excluding carboxylic acids is 4. The highest BCUT2D eigenvalue weighted by atomic mass is 19.1. The van der Waals surface area contributed by atoms with E-state index in [4.69, 9.17) is 37.9 Å². The number of alkyl halides is 2. The van der Waals surface area contributed by atoms with E-state index in [9.17, 15) is 49.8 Å². The smallest absolute Gasteiger partial charge is 0.351 e. The lowest BCUT2D eigenvalue weighted by atomic mass is 9.44. The predicted octanol–water partition coefficient (Wildman–Crippen LogP) is 4.66. The molecule has 7 rings (SSSR count). The van der Waals surface area contributed by atoms with Gasteiger partial charge in [0.1, 0.15) is 36.2 Å². The minimum atomic E-state index is -2.41. The first-order chi connectivity index (χ1) is 40.9. The van der Waals surface area contributed by atoms with Gasteiger partial charge in [0.05, 0.1) is 61.2 Å². The lowest BCUT2D eigenvalue weighted by Crippen LogP contribution is -2.71. The van der Waals surface area contributed by atoms with Gasteiger partial charge in [-0.05, 0) is 157 Å². The van der Waals surface area contributed by atoms with Crippen molar-refractivity contribution in [3.05, 3.63) is 23.8 Å². The zero-order valence-electron chi connectivity index (χ0n) is 55.2. The first-order valence-corrected chi connectivity index (χ1v) is 32.1. The van der Waals surface area contributed by atoms with Crippen molar-refractivity contribution in [1.82, 2.24) is 15.1 Å². The zero-order chi connectivity index (χ0) is 65.8. The maximum absolute atomic E-state index is 18.0. The Labute approximate surface area is 519 Å². The van der Waals surface area contributed by atoms with Crippen molar-refractivity contribution < 1.29 is 96.5 Å². The van der Waals surface area contributed by atoms with Gasteiger partial charge in [-0.15, -0.1) is 0 Å². The van der Waals surface area contributed by atoms with Gasteiger partial charge in [-0.3, -0.25) is 19.3 Å². The molecule has 0 spiro atoms. The number of methoxy groups -OCH3 is 2. The molecule has 6 fully saturated rings. The second kappa shape index (κ2) is 27.4. The molecule has 0 aromatic heterocycles. The molecule has 88 heavy (non-hydrogen) atoms. The highest BCUT2D eigenvalue weighted by Gasteiger charge is 2.79. The van der Waals surface area contributed by atoms with Crippen molar-refractivity contribution in [1.29, 1.82) is 0 Å². The number of likely N-dealkylation sites (N-methyl/N-ethyl adjacent to an activating group) is 1. The summed E-state index contributed by atoms with van der Waals surface area (Å²) in [6.45, 7) is 23.1. The summed E-state index contributed by atoms with van der Waals surface area (Å²) in [6.07, 6.45) is -9.87. The average Bonchev–Trinajstić information content (AvgIpc) is 1.29. The van der Waals surface area contributed by atoms with Crippen LogP contribution in [0.25, 0.3) is 0 Å². The standard InChI is InChI=1S/C65H107F2N3O18/c1-18-48-63(13,80)53(75)39(7)70(25-19-23-68-24-21-49(73)88-65(58(78)81-16)35(3)26-42-43-29-45(66)44-28-41(71)20-22-59(44,9)64(43,67)47(72)31-60(42,65)10)33-34(2)30-61(11,79)55(87-57-51(74)46(69(14)15)27-36(4)83-57)37(5)52(38(6)56(77)85-48)86-50-32-62(12,82-17)54(76)40(8)84-50/h20,22,28,34-40,42-43,45-48,50-55,57,68,72,74-76,79-80H,18-19,21,23-27,29-33H2,1-17H3/t34-,35-,36-,37+,38-,39-,40+,42?,43?,45+,46+,47+,48-,50+,51-,52+,53-,54+,55-,57+,59+,60+,61-,62-,63-,64+,65+/m1/s1. The maximum Gasteiger partial charge on any atom is 0.351 e. The Morgan fingerprint density at radius 3 is 2.17 bits per heavy atom. The number of allylic oxidation sites excluding steroid dienone is 4. The molecule has 0 amide bonds. The summed E-state index contributed by atoms with van der Waals surface area (Å²) < 4.78 is 84.1. The molecule has 3 saturated carbocycles. The molecule has 0 aromatic rings. The lowest BCUT2D eigenvalue weighted by molar-refractivity contribution is -0.318. The Bertz CT molecular complexity index is 2530. The number of hydrogen-bond donors (Lipinski definition) is 7. The Balaban J connectivity index is 1.10. The van der Waals surface area contributed by atoms with Crippen LogP contribution in [0.2, 0.25) is 0 Å². The molecule has 0 radical (unpaired) electrons. The number of carbonyl (C=O) groups is 4. The van der Waals surface area contributed by atoms with Crippen LogP contribution in [0.1, 0.15) is 148 Å². The fourth-order valence-electron chi connectivity index (χ4n) is 17.2. The number of nitrogens with one attached hydrogen (secondary N) is 1. The summed E-state index contributed by atoms with van der Waals surface area (Å²) in [5.41, 5.74) is -12.3. The van der Waals surface area contributed by atoms with Gasteiger partial charge in [-0.2, -0.15) is 0 Å². The van der Waals surface area contributed by atoms with Crippen molar-refractivity contribution in [2.24, 2.45) is 46.3 Å². The normalized spacial score (nSPS) is 48.0. The maximum atomic E-state index is 18.0. The molecular formula is C65H107F2N3O18. The van der Waals surface area contributed by atoms with Gasteiger partial charge in [0.2, 0.25) is 5.60 Å². The quantitative estimate of drug-likeness (QED) is 0.0629. The van der Waals surface area contributed by atoms with Crippen molar-refractivity contribution in [3.63, 3.8) is 0 Å². The number of nitrogens with zero attached hydrogens (tertiary/aromatic N) is 2. The molecule has 3 aliphatic heterocycles. The van der Waals surface area contributed by atoms with Crippen molar-refractivity contribution >= 4 is 23.7 Å². The van der Waals surface area contributed by atoms with E-state index in [0.717, 1.165) is 6.08 Å². The number of aliphatic hydroxyl groups excluding tert-OH is 4. The third kappa shape index (κ3) is 13.2. The summed E-state index contributed by atoms with van der Waals surface area (Å²) in [6, 6.07) is -1.14. The number of rotatable bonds is 16.